The maximum absolute atomic E-state index is 6.74. The van der Waals surface area contributed by atoms with Crippen molar-refractivity contribution >= 4 is 74.4 Å². The van der Waals surface area contributed by atoms with E-state index in [1.54, 1.807) is 72.8 Å². The van der Waals surface area contributed by atoms with Gasteiger partial charge in [-0.3, -0.25) is 0 Å². The molecule has 6 aromatic carbocycles. The second-order valence-electron chi connectivity index (χ2n) is 10.2. The Hall–Kier alpha value is -3.55. The van der Waals surface area contributed by atoms with E-state index in [4.69, 9.17) is 40.7 Å². The van der Waals surface area contributed by atoms with Gasteiger partial charge in [0.15, 0.2) is 0 Å². The van der Waals surface area contributed by atoms with Gasteiger partial charge >= 0.3 is 23.0 Å². The van der Waals surface area contributed by atoms with Gasteiger partial charge in [-0.2, -0.15) is 0 Å². The first-order valence-electron chi connectivity index (χ1n) is 15.0. The van der Waals surface area contributed by atoms with Gasteiger partial charge in [0.25, 0.3) is 0 Å². The van der Waals surface area contributed by atoms with Crippen LogP contribution in [0.15, 0.2) is 196 Å². The van der Waals surface area contributed by atoms with Crippen LogP contribution in [0.25, 0.3) is 0 Å². The predicted molar refractivity (Wildman–Crippen MR) is 196 cm³/mol. The molecule has 49 heavy (non-hydrogen) atoms. The third kappa shape index (κ3) is 9.37. The van der Waals surface area contributed by atoms with Crippen LogP contribution in [0.3, 0.4) is 0 Å². The van der Waals surface area contributed by atoms with Crippen LogP contribution in [0.4, 0.5) is 0 Å². The van der Waals surface area contributed by atoms with E-state index in [1.165, 1.54) is 0 Å². The minimum atomic E-state index is -3.87. The molecule has 0 saturated carbocycles. The van der Waals surface area contributed by atoms with Crippen LogP contribution in [0.1, 0.15) is 0 Å². The number of hydrogen-bond donors (Lipinski definition) is 0. The zero-order chi connectivity index (χ0) is 32.5. The largest absolute Gasteiger partial charge is 0.460 e. The molecule has 1 radical (unpaired) electrons. The summed E-state index contributed by atoms with van der Waals surface area (Å²) in [5, 5.41) is 0. The van der Waals surface area contributed by atoms with Crippen LogP contribution in [-0.4, -0.2) is 51.4 Å². The second kappa shape index (κ2) is 16.4. The fourth-order valence-electron chi connectivity index (χ4n) is 4.47. The first kappa shape index (κ1) is 35.3. The van der Waals surface area contributed by atoms with Crippen molar-refractivity contribution < 1.29 is 27.1 Å². The average Bonchev–Trinajstić information content (AvgIpc) is 3.10. The van der Waals surface area contributed by atoms with Crippen molar-refractivity contribution in [3.05, 3.63) is 182 Å². The molecule has 0 unspecified atom stereocenters. The molecule has 1 heterocycles. The van der Waals surface area contributed by atoms with E-state index in [2.05, 4.69) is 0 Å². The molecule has 0 N–H and O–H groups in total. The Morgan fingerprint density at radius 2 is 0.388 bits per heavy atom. The Balaban J connectivity index is 0.00000417. The summed E-state index contributed by atoms with van der Waals surface area (Å²) >= 11 is 0. The minimum absolute atomic E-state index is 0. The van der Waals surface area contributed by atoms with E-state index in [1.807, 2.05) is 109 Å². The van der Waals surface area contributed by atoms with Crippen molar-refractivity contribution in [3.8, 4) is 34.5 Å². The van der Waals surface area contributed by atoms with Gasteiger partial charge in [0, 0.05) is 51.4 Å². The normalized spacial score (nSPS) is 14.9. The van der Waals surface area contributed by atoms with Crippen molar-refractivity contribution in [3.63, 3.8) is 0 Å². The summed E-state index contributed by atoms with van der Waals surface area (Å²) in [6, 6.07) is 55.3. The van der Waals surface area contributed by atoms with Gasteiger partial charge in [-0.25, -0.2) is 0 Å². The van der Waals surface area contributed by atoms with Gasteiger partial charge in [-0.15, -0.1) is 0 Å². The zero-order valence-electron chi connectivity index (χ0n) is 26.5. The summed E-state index contributed by atoms with van der Waals surface area (Å²) < 4.78 is 56.0. The molecule has 7 rings (SSSR count). The topological polar surface area (TPSA) is 92.5 Å². The van der Waals surface area contributed by atoms with Gasteiger partial charge in [0.2, 0.25) is 0 Å². The number of rotatable bonds is 12. The molecule has 1 aliphatic heterocycles. The quantitative estimate of drug-likeness (QED) is 0.0919. The molecule has 0 aliphatic carbocycles. The molecule has 0 amide bonds. The second-order valence-corrected chi connectivity index (χ2v) is 16.4. The molecule has 1 aliphatic rings. The molecule has 0 saturated heterocycles. The molecule has 0 fully saturated rings. The summed E-state index contributed by atoms with van der Waals surface area (Å²) in [4.78, 5) is 0. The van der Waals surface area contributed by atoms with Crippen LogP contribution in [0.2, 0.25) is 0 Å². The Morgan fingerprint density at radius 1 is 0.245 bits per heavy atom. The van der Waals surface area contributed by atoms with E-state index in [0.717, 1.165) is 0 Å². The first-order valence-corrected chi connectivity index (χ1v) is 19.6. The molecule has 0 atom stereocenters. The zero-order valence-corrected chi connectivity index (χ0v) is 32.3. The van der Waals surface area contributed by atoms with E-state index >= 15 is 0 Å². The van der Waals surface area contributed by atoms with Gasteiger partial charge < -0.3 is 27.1 Å². The standard InChI is InChI=1S/C36H30N3O6P3.K/c1-7-19-31(20-8-1)40-46(41-32-21-9-2-10-22-32)37-47(42-33-23-11-3-12-24-33,43-34-25-13-4-14-26-34)39-48(38-46,44-35-27-15-5-16-28-35)45-36-29-17-6-18-30-36;/h1-30H;. The Kier molecular flexibility index (Phi) is 11.8. The Bertz CT molecular complexity index is 1720. The molecule has 6 aromatic rings. The van der Waals surface area contributed by atoms with Crippen LogP contribution in [0, 0.1) is 0 Å². The van der Waals surface area contributed by atoms with Crippen LogP contribution >= 0.6 is 23.0 Å². The van der Waals surface area contributed by atoms with Crippen molar-refractivity contribution in [2.45, 2.75) is 0 Å². The third-order valence-corrected chi connectivity index (χ3v) is 14.6. The average molecular weight is 733 g/mol. The number of nitrogens with zero attached hydrogens (tertiary/aromatic N) is 3. The molecule has 0 spiro atoms. The van der Waals surface area contributed by atoms with Crippen molar-refractivity contribution in [2.24, 2.45) is 13.5 Å². The molecular formula is C36H30KN3O6P3. The summed E-state index contributed by atoms with van der Waals surface area (Å²) in [6.45, 7) is 0. The molecule has 13 heteroatoms. The van der Waals surface area contributed by atoms with Crippen molar-refractivity contribution in [1.82, 2.24) is 0 Å². The van der Waals surface area contributed by atoms with Crippen molar-refractivity contribution in [2.75, 3.05) is 0 Å². The van der Waals surface area contributed by atoms with Crippen LogP contribution in [0.5, 0.6) is 34.5 Å². The SMILES string of the molecule is [K].c1ccc(OP2(Oc3ccccc3)=NP(Oc3ccccc3)(Oc3ccccc3)=NP(Oc3ccccc3)(Oc3ccccc3)=N2)cc1. The van der Waals surface area contributed by atoms with E-state index < -0.39 is 23.0 Å². The Morgan fingerprint density at radius 3 is 0.531 bits per heavy atom. The predicted octanol–water partition coefficient (Wildman–Crippen LogP) is 11.9. The Labute approximate surface area is 328 Å². The first-order chi connectivity index (χ1) is 23.6. The summed E-state index contributed by atoms with van der Waals surface area (Å²) in [5.41, 5.74) is 0. The fourth-order valence-corrected chi connectivity index (χ4v) is 13.5. The molecule has 0 aromatic heterocycles. The molecule has 241 valence electrons. The minimum Gasteiger partial charge on any atom is -0.413 e. The summed E-state index contributed by atoms with van der Waals surface area (Å²) in [7, 11) is -11.6. The summed E-state index contributed by atoms with van der Waals surface area (Å²) in [6.07, 6.45) is 0. The molecular weight excluding hydrogens is 702 g/mol. The third-order valence-electron chi connectivity index (χ3n) is 6.48. The monoisotopic (exact) mass is 732 g/mol. The van der Waals surface area contributed by atoms with Crippen molar-refractivity contribution in [1.29, 1.82) is 0 Å². The van der Waals surface area contributed by atoms with Gasteiger partial charge in [-0.1, -0.05) is 123 Å². The van der Waals surface area contributed by atoms with Gasteiger partial charge in [0.1, 0.15) is 34.5 Å². The number of hydrogen-bond acceptors (Lipinski definition) is 9. The van der Waals surface area contributed by atoms with Gasteiger partial charge in [0.05, 0.1) is 0 Å². The summed E-state index contributed by atoms with van der Waals surface area (Å²) in [5.74, 6) is 2.78. The van der Waals surface area contributed by atoms with Crippen LogP contribution < -0.4 is 27.1 Å². The van der Waals surface area contributed by atoms with E-state index in [-0.39, 0.29) is 51.4 Å². The van der Waals surface area contributed by atoms with E-state index in [0.29, 0.717) is 34.5 Å². The molecule has 9 nitrogen and oxygen atoms in total. The fraction of sp³-hybridized carbons (Fsp3) is 0. The maximum atomic E-state index is 6.74. The van der Waals surface area contributed by atoms with E-state index in [9.17, 15) is 0 Å². The number of benzene rings is 6. The maximum Gasteiger partial charge on any atom is 0.460 e. The molecule has 0 bridgehead atoms. The number of para-hydroxylation sites is 6. The van der Waals surface area contributed by atoms with Crippen LogP contribution in [-0.2, 0) is 0 Å². The smallest absolute Gasteiger partial charge is 0.413 e. The van der Waals surface area contributed by atoms with Gasteiger partial charge in [-0.05, 0) is 72.8 Å².